The van der Waals surface area contributed by atoms with E-state index in [0.717, 1.165) is 44.8 Å². The Morgan fingerprint density at radius 3 is 2.80 bits per heavy atom. The fourth-order valence-electron chi connectivity index (χ4n) is 2.72. The summed E-state index contributed by atoms with van der Waals surface area (Å²) in [6.07, 6.45) is 1.03. The smallest absolute Gasteiger partial charge is 0.123 e. The molecule has 0 radical (unpaired) electrons. The molecule has 20 heavy (non-hydrogen) atoms. The molecule has 2 unspecified atom stereocenters. The summed E-state index contributed by atoms with van der Waals surface area (Å²) in [7, 11) is 0. The molecule has 2 rings (SSSR count). The summed E-state index contributed by atoms with van der Waals surface area (Å²) >= 11 is 0. The van der Waals surface area contributed by atoms with Crippen LogP contribution in [-0.4, -0.2) is 43.8 Å². The number of morpholine rings is 1. The molecule has 2 atom stereocenters. The fraction of sp³-hybridized carbons (Fsp3) is 0.625. The molecular formula is C16H25FN2O. The fourth-order valence-corrected chi connectivity index (χ4v) is 2.72. The van der Waals surface area contributed by atoms with Crippen LogP contribution < -0.4 is 5.32 Å². The van der Waals surface area contributed by atoms with E-state index < -0.39 is 0 Å². The van der Waals surface area contributed by atoms with Crippen LogP contribution in [0.4, 0.5) is 4.39 Å². The molecule has 4 heteroatoms. The van der Waals surface area contributed by atoms with Crippen molar-refractivity contribution >= 4 is 0 Å². The van der Waals surface area contributed by atoms with Gasteiger partial charge in [0.05, 0.1) is 13.2 Å². The van der Waals surface area contributed by atoms with Crippen LogP contribution >= 0.6 is 0 Å². The summed E-state index contributed by atoms with van der Waals surface area (Å²) in [6.45, 7) is 8.92. The van der Waals surface area contributed by atoms with Crippen molar-refractivity contribution in [3.8, 4) is 0 Å². The molecule has 0 bridgehead atoms. The molecule has 0 aliphatic carbocycles. The average molecular weight is 280 g/mol. The number of nitrogens with one attached hydrogen (secondary N) is 1. The third-order valence-corrected chi connectivity index (χ3v) is 3.93. The van der Waals surface area contributed by atoms with Crippen molar-refractivity contribution in [1.82, 2.24) is 10.2 Å². The van der Waals surface area contributed by atoms with Gasteiger partial charge in [-0.2, -0.15) is 0 Å². The van der Waals surface area contributed by atoms with Gasteiger partial charge in [-0.1, -0.05) is 19.1 Å². The molecule has 0 spiro atoms. The lowest BCUT2D eigenvalue weighted by Gasteiger charge is -2.34. The van der Waals surface area contributed by atoms with Crippen LogP contribution in [-0.2, 0) is 4.74 Å². The zero-order chi connectivity index (χ0) is 14.4. The number of benzene rings is 1. The highest BCUT2D eigenvalue weighted by molar-refractivity contribution is 5.20. The van der Waals surface area contributed by atoms with E-state index in [0.29, 0.717) is 6.04 Å². The zero-order valence-electron chi connectivity index (χ0n) is 12.4. The molecule has 1 fully saturated rings. The van der Waals surface area contributed by atoms with Gasteiger partial charge in [-0.15, -0.1) is 0 Å². The minimum absolute atomic E-state index is 0.175. The van der Waals surface area contributed by atoms with Crippen molar-refractivity contribution in [2.45, 2.75) is 32.4 Å². The van der Waals surface area contributed by atoms with E-state index in [-0.39, 0.29) is 11.9 Å². The van der Waals surface area contributed by atoms with Crippen molar-refractivity contribution in [3.63, 3.8) is 0 Å². The molecule has 1 aromatic carbocycles. The summed E-state index contributed by atoms with van der Waals surface area (Å²) in [4.78, 5) is 2.47. The second-order valence-electron chi connectivity index (χ2n) is 5.41. The van der Waals surface area contributed by atoms with Gasteiger partial charge in [-0.05, 0) is 37.6 Å². The minimum Gasteiger partial charge on any atom is -0.379 e. The summed E-state index contributed by atoms with van der Waals surface area (Å²) in [5.74, 6) is -0.175. The molecule has 0 aromatic heterocycles. The Balaban J connectivity index is 1.93. The van der Waals surface area contributed by atoms with Crippen molar-refractivity contribution < 1.29 is 9.13 Å². The number of halogens is 1. The predicted molar refractivity (Wildman–Crippen MR) is 79.3 cm³/mol. The molecule has 0 saturated carbocycles. The third kappa shape index (κ3) is 4.27. The average Bonchev–Trinajstić information content (AvgIpc) is 2.46. The highest BCUT2D eigenvalue weighted by Gasteiger charge is 2.20. The van der Waals surface area contributed by atoms with Crippen LogP contribution in [0.5, 0.6) is 0 Å². The van der Waals surface area contributed by atoms with Gasteiger partial charge in [0, 0.05) is 25.2 Å². The van der Waals surface area contributed by atoms with Gasteiger partial charge in [0.25, 0.3) is 0 Å². The molecule has 1 aromatic rings. The Morgan fingerprint density at radius 1 is 1.40 bits per heavy atom. The first-order chi connectivity index (χ1) is 9.70. The number of rotatable bonds is 6. The lowest BCUT2D eigenvalue weighted by atomic mass is 10.0. The van der Waals surface area contributed by atoms with Crippen molar-refractivity contribution in [2.24, 2.45) is 0 Å². The SMILES string of the molecule is CCNC(CCN1CCOCC1C)c1ccc(F)cc1. The van der Waals surface area contributed by atoms with Crippen LogP contribution in [0.1, 0.15) is 31.9 Å². The van der Waals surface area contributed by atoms with E-state index in [2.05, 4.69) is 24.1 Å². The quantitative estimate of drug-likeness (QED) is 0.867. The molecule has 1 aliphatic rings. The van der Waals surface area contributed by atoms with Gasteiger partial charge in [0.15, 0.2) is 0 Å². The van der Waals surface area contributed by atoms with E-state index in [1.165, 1.54) is 12.1 Å². The molecule has 0 amide bonds. The van der Waals surface area contributed by atoms with E-state index in [1.807, 2.05) is 12.1 Å². The molecule has 1 heterocycles. The monoisotopic (exact) mass is 280 g/mol. The van der Waals surface area contributed by atoms with Crippen molar-refractivity contribution in [2.75, 3.05) is 32.8 Å². The number of nitrogens with zero attached hydrogens (tertiary/aromatic N) is 1. The topological polar surface area (TPSA) is 24.5 Å². The normalized spacial score (nSPS) is 21.9. The Morgan fingerprint density at radius 2 is 2.15 bits per heavy atom. The number of ether oxygens (including phenoxy) is 1. The highest BCUT2D eigenvalue weighted by Crippen LogP contribution is 2.19. The van der Waals surface area contributed by atoms with Crippen LogP contribution in [0.2, 0.25) is 0 Å². The highest BCUT2D eigenvalue weighted by atomic mass is 19.1. The van der Waals surface area contributed by atoms with Gasteiger partial charge in [0.1, 0.15) is 5.82 Å². The van der Waals surface area contributed by atoms with Gasteiger partial charge in [-0.3, -0.25) is 4.90 Å². The Bertz CT molecular complexity index is 396. The van der Waals surface area contributed by atoms with E-state index in [9.17, 15) is 4.39 Å². The van der Waals surface area contributed by atoms with E-state index in [4.69, 9.17) is 4.74 Å². The molecule has 3 nitrogen and oxygen atoms in total. The van der Waals surface area contributed by atoms with E-state index >= 15 is 0 Å². The van der Waals surface area contributed by atoms with Crippen LogP contribution in [0.15, 0.2) is 24.3 Å². The van der Waals surface area contributed by atoms with Crippen LogP contribution in [0, 0.1) is 5.82 Å². The zero-order valence-corrected chi connectivity index (χ0v) is 12.4. The summed E-state index contributed by atoms with van der Waals surface area (Å²) in [5, 5.41) is 3.49. The first kappa shape index (κ1) is 15.4. The molecule has 1 aliphatic heterocycles. The summed E-state index contributed by atoms with van der Waals surface area (Å²) in [6, 6.07) is 7.61. The van der Waals surface area contributed by atoms with Crippen molar-refractivity contribution in [1.29, 1.82) is 0 Å². The van der Waals surface area contributed by atoms with E-state index in [1.54, 1.807) is 0 Å². The Hall–Kier alpha value is -0.970. The maximum atomic E-state index is 13.0. The maximum absolute atomic E-state index is 13.0. The number of hydrogen-bond acceptors (Lipinski definition) is 3. The first-order valence-corrected chi connectivity index (χ1v) is 7.51. The predicted octanol–water partition coefficient (Wildman–Crippen LogP) is 2.59. The second-order valence-corrected chi connectivity index (χ2v) is 5.41. The van der Waals surface area contributed by atoms with Crippen LogP contribution in [0.25, 0.3) is 0 Å². The number of hydrogen-bond donors (Lipinski definition) is 1. The van der Waals surface area contributed by atoms with Gasteiger partial charge in [0.2, 0.25) is 0 Å². The Labute approximate surface area is 121 Å². The maximum Gasteiger partial charge on any atom is 0.123 e. The first-order valence-electron chi connectivity index (χ1n) is 7.51. The molecule has 112 valence electrons. The standard InChI is InChI=1S/C16H25FN2O/c1-3-18-16(14-4-6-15(17)7-5-14)8-9-19-10-11-20-12-13(19)2/h4-7,13,16,18H,3,8-12H2,1-2H3. The molecular weight excluding hydrogens is 255 g/mol. The summed E-state index contributed by atoms with van der Waals surface area (Å²) < 4.78 is 18.5. The van der Waals surface area contributed by atoms with Gasteiger partial charge < -0.3 is 10.1 Å². The van der Waals surface area contributed by atoms with Crippen molar-refractivity contribution in [3.05, 3.63) is 35.6 Å². The summed E-state index contributed by atoms with van der Waals surface area (Å²) in [5.41, 5.74) is 1.16. The Kier molecular flexibility index (Phi) is 5.95. The lowest BCUT2D eigenvalue weighted by Crippen LogP contribution is -2.44. The lowest BCUT2D eigenvalue weighted by molar-refractivity contribution is -0.00180. The minimum atomic E-state index is -0.175. The van der Waals surface area contributed by atoms with Gasteiger partial charge in [-0.25, -0.2) is 4.39 Å². The largest absolute Gasteiger partial charge is 0.379 e. The second kappa shape index (κ2) is 7.72. The van der Waals surface area contributed by atoms with Crippen LogP contribution in [0.3, 0.4) is 0 Å². The molecule has 1 saturated heterocycles. The third-order valence-electron chi connectivity index (χ3n) is 3.93. The molecule has 1 N–H and O–H groups in total. The van der Waals surface area contributed by atoms with Gasteiger partial charge >= 0.3 is 0 Å².